The molecule has 1 aliphatic carbocycles. The van der Waals surface area contributed by atoms with Gasteiger partial charge < -0.3 is 9.68 Å². The molecule has 0 aromatic heterocycles. The highest BCUT2D eigenvalue weighted by molar-refractivity contribution is 6.79. The van der Waals surface area contributed by atoms with E-state index in [4.69, 9.17) is 10.6 Å². The lowest BCUT2D eigenvalue weighted by Gasteiger charge is -2.08. The number of aliphatic imine (C=N–C) groups is 2. The number of rotatable bonds is 2. The maximum Gasteiger partial charge on any atom is 0.219 e. The number of hydrogen-bond acceptors (Lipinski definition) is 6. The van der Waals surface area contributed by atoms with Gasteiger partial charge in [0, 0.05) is 5.56 Å². The van der Waals surface area contributed by atoms with Crippen LogP contribution in [0, 0.1) is 0 Å². The van der Waals surface area contributed by atoms with Gasteiger partial charge in [-0.05, 0) is 11.2 Å². The number of hydrogen-bond donors (Lipinski definition) is 1. The standard InChI is InChI=1S/C13H10N4O3/c1-6-13(17-20-14)16-10-7-4-3-5-8(19-2)9(7)12(18)11(10)15-6/h3-5H,1,14H2,2H3/b17-13+. The molecule has 7 nitrogen and oxygen atoms in total. The average molecular weight is 270 g/mol. The van der Waals surface area contributed by atoms with Crippen molar-refractivity contribution in [2.24, 2.45) is 21.0 Å². The van der Waals surface area contributed by atoms with Gasteiger partial charge in [-0.2, -0.15) is 0 Å². The number of nitrogens with zero attached hydrogens (tertiary/aromatic N) is 3. The molecule has 0 spiro atoms. The van der Waals surface area contributed by atoms with Gasteiger partial charge in [0.2, 0.25) is 11.6 Å². The lowest BCUT2D eigenvalue weighted by Crippen LogP contribution is -2.22. The molecule has 2 N–H and O–H groups in total. The monoisotopic (exact) mass is 270 g/mol. The third-order valence-electron chi connectivity index (χ3n) is 3.03. The van der Waals surface area contributed by atoms with E-state index in [-0.39, 0.29) is 23.0 Å². The van der Waals surface area contributed by atoms with Crippen molar-refractivity contribution in [2.75, 3.05) is 7.11 Å². The Morgan fingerprint density at radius 2 is 2.10 bits per heavy atom. The molecule has 0 saturated heterocycles. The first kappa shape index (κ1) is 12.2. The Morgan fingerprint density at radius 1 is 1.30 bits per heavy atom. The summed E-state index contributed by atoms with van der Waals surface area (Å²) >= 11 is 0. The molecule has 2 aliphatic rings. The molecule has 0 atom stereocenters. The minimum absolute atomic E-state index is 0.134. The number of benzene rings is 1. The highest BCUT2D eigenvalue weighted by Crippen LogP contribution is 2.31. The van der Waals surface area contributed by atoms with Gasteiger partial charge in [0.05, 0.1) is 12.7 Å². The summed E-state index contributed by atoms with van der Waals surface area (Å²) < 4.78 is 5.21. The van der Waals surface area contributed by atoms with Crippen molar-refractivity contribution in [3.05, 3.63) is 41.6 Å². The van der Waals surface area contributed by atoms with E-state index in [1.54, 1.807) is 18.2 Å². The zero-order valence-corrected chi connectivity index (χ0v) is 10.6. The summed E-state index contributed by atoms with van der Waals surface area (Å²) in [7, 11) is 1.50. The van der Waals surface area contributed by atoms with Crippen LogP contribution >= 0.6 is 0 Å². The molecule has 100 valence electrons. The summed E-state index contributed by atoms with van der Waals surface area (Å²) in [4.78, 5) is 25.0. The molecule has 0 unspecified atom stereocenters. The van der Waals surface area contributed by atoms with Crippen molar-refractivity contribution in [1.82, 2.24) is 0 Å². The molecule has 0 saturated carbocycles. The fourth-order valence-electron chi connectivity index (χ4n) is 2.18. The van der Waals surface area contributed by atoms with Gasteiger partial charge in [0.15, 0.2) is 0 Å². The maximum absolute atomic E-state index is 12.4. The third-order valence-corrected chi connectivity index (χ3v) is 3.03. The first-order chi connectivity index (χ1) is 9.67. The Kier molecular flexibility index (Phi) is 2.69. The van der Waals surface area contributed by atoms with Crippen LogP contribution in [0.4, 0.5) is 0 Å². The zero-order valence-electron chi connectivity index (χ0n) is 10.6. The molecule has 0 fully saturated rings. The molecule has 1 heterocycles. The van der Waals surface area contributed by atoms with Gasteiger partial charge in [0.1, 0.15) is 22.9 Å². The van der Waals surface area contributed by atoms with Crippen molar-refractivity contribution >= 4 is 23.0 Å². The first-order valence-corrected chi connectivity index (χ1v) is 5.70. The van der Waals surface area contributed by atoms with Crippen LogP contribution in [0.5, 0.6) is 5.75 Å². The normalized spacial score (nSPS) is 18.4. The van der Waals surface area contributed by atoms with E-state index < -0.39 is 0 Å². The number of carbonyl (C=O) groups is 1. The SMILES string of the molecule is C=C1N=C2C(=O)c3c(OC)cccc3C2=N/C1=N/ON. The van der Waals surface area contributed by atoms with Gasteiger partial charge in [-0.1, -0.05) is 18.7 Å². The summed E-state index contributed by atoms with van der Waals surface area (Å²) in [6, 6.07) is 5.25. The van der Waals surface area contributed by atoms with Crippen LogP contribution < -0.4 is 10.6 Å². The number of ether oxygens (including phenoxy) is 1. The molecule has 0 bridgehead atoms. The molecular formula is C13H10N4O3. The number of amidine groups is 1. The first-order valence-electron chi connectivity index (χ1n) is 5.70. The van der Waals surface area contributed by atoms with E-state index in [9.17, 15) is 4.79 Å². The molecule has 7 heteroatoms. The predicted octanol–water partition coefficient (Wildman–Crippen LogP) is 0.853. The van der Waals surface area contributed by atoms with Crippen LogP contribution in [0.15, 0.2) is 45.6 Å². The largest absolute Gasteiger partial charge is 0.496 e. The highest BCUT2D eigenvalue weighted by atomic mass is 16.7. The molecule has 1 aliphatic heterocycles. The second-order valence-electron chi connectivity index (χ2n) is 4.10. The summed E-state index contributed by atoms with van der Waals surface area (Å²) in [5, 5.41) is 3.52. The van der Waals surface area contributed by atoms with Crippen molar-refractivity contribution in [2.45, 2.75) is 0 Å². The summed E-state index contributed by atoms with van der Waals surface area (Å²) in [6.07, 6.45) is 0. The van der Waals surface area contributed by atoms with Crippen molar-refractivity contribution in [3.63, 3.8) is 0 Å². The molecule has 1 aromatic carbocycles. The molecule has 3 rings (SSSR count). The Morgan fingerprint density at radius 3 is 2.80 bits per heavy atom. The van der Waals surface area contributed by atoms with Crippen LogP contribution in [0.3, 0.4) is 0 Å². The number of methoxy groups -OCH3 is 1. The molecule has 20 heavy (non-hydrogen) atoms. The Balaban J connectivity index is 2.25. The number of fused-ring (bicyclic) bond motifs is 3. The summed E-state index contributed by atoms with van der Waals surface area (Å²) in [5.74, 6) is 5.26. The van der Waals surface area contributed by atoms with Crippen LogP contribution in [-0.2, 0) is 4.94 Å². The van der Waals surface area contributed by atoms with Crippen LogP contribution in [-0.4, -0.2) is 30.2 Å². The summed E-state index contributed by atoms with van der Waals surface area (Å²) in [6.45, 7) is 3.67. The van der Waals surface area contributed by atoms with Gasteiger partial charge in [-0.15, -0.1) is 5.90 Å². The van der Waals surface area contributed by atoms with Crippen LogP contribution in [0.1, 0.15) is 15.9 Å². The van der Waals surface area contributed by atoms with E-state index in [0.717, 1.165) is 0 Å². The number of Topliss-reactive ketones (excluding diaryl/α,β-unsaturated/α-hetero) is 1. The third kappa shape index (κ3) is 1.57. The Bertz CT molecular complexity index is 731. The van der Waals surface area contributed by atoms with Gasteiger partial charge in [-0.3, -0.25) is 4.79 Å². The average Bonchev–Trinajstić information content (AvgIpc) is 2.73. The van der Waals surface area contributed by atoms with E-state index in [0.29, 0.717) is 22.6 Å². The topological polar surface area (TPSA) is 98.6 Å². The van der Waals surface area contributed by atoms with Crippen LogP contribution in [0.25, 0.3) is 0 Å². The zero-order chi connectivity index (χ0) is 14.3. The lowest BCUT2D eigenvalue weighted by atomic mass is 10.1. The fraction of sp³-hybridized carbons (Fsp3) is 0.0769. The van der Waals surface area contributed by atoms with Gasteiger partial charge in [0.25, 0.3) is 0 Å². The molecule has 0 amide bonds. The van der Waals surface area contributed by atoms with E-state index in [1.807, 2.05) is 0 Å². The lowest BCUT2D eigenvalue weighted by molar-refractivity contribution is 0.106. The van der Waals surface area contributed by atoms with Crippen molar-refractivity contribution in [1.29, 1.82) is 0 Å². The highest BCUT2D eigenvalue weighted by Gasteiger charge is 2.38. The minimum Gasteiger partial charge on any atom is -0.496 e. The predicted molar refractivity (Wildman–Crippen MR) is 73.1 cm³/mol. The van der Waals surface area contributed by atoms with Crippen molar-refractivity contribution < 1.29 is 14.5 Å². The molecular weight excluding hydrogens is 260 g/mol. The smallest absolute Gasteiger partial charge is 0.219 e. The van der Waals surface area contributed by atoms with Gasteiger partial charge >= 0.3 is 0 Å². The number of oxime groups is 1. The number of nitrogens with two attached hydrogens (primary N) is 1. The summed E-state index contributed by atoms with van der Waals surface area (Å²) in [5.41, 5.74) is 1.95. The molecule has 0 radical (unpaired) electrons. The Labute approximate surface area is 114 Å². The quantitative estimate of drug-likeness (QED) is 0.805. The van der Waals surface area contributed by atoms with Crippen molar-refractivity contribution in [3.8, 4) is 5.75 Å². The van der Waals surface area contributed by atoms with E-state index in [1.165, 1.54) is 7.11 Å². The fourth-order valence-corrected chi connectivity index (χ4v) is 2.18. The second kappa shape index (κ2) is 4.39. The second-order valence-corrected chi connectivity index (χ2v) is 4.10. The Hall–Kier alpha value is -2.80. The number of carbonyl (C=O) groups excluding carboxylic acids is 1. The molecule has 1 aromatic rings. The minimum atomic E-state index is -0.245. The number of ketones is 1. The maximum atomic E-state index is 12.4. The van der Waals surface area contributed by atoms with Crippen LogP contribution in [0.2, 0.25) is 0 Å². The van der Waals surface area contributed by atoms with E-state index >= 15 is 0 Å². The van der Waals surface area contributed by atoms with E-state index in [2.05, 4.69) is 26.7 Å². The van der Waals surface area contributed by atoms with Gasteiger partial charge in [-0.25, -0.2) is 9.98 Å².